The van der Waals surface area contributed by atoms with Crippen LogP contribution in [-0.2, 0) is 19.8 Å². The van der Waals surface area contributed by atoms with Gasteiger partial charge in [0.1, 0.15) is 31.2 Å². The number of carbonyl (C=O) groups excluding carboxylic acids is 1. The summed E-state index contributed by atoms with van der Waals surface area (Å²) in [6, 6.07) is 40.2. The number of benzene rings is 5. The fourth-order valence-electron chi connectivity index (χ4n) is 4.58. The molecule has 6 aromatic rings. The molecule has 0 aliphatic rings. The highest BCUT2D eigenvalue weighted by Crippen LogP contribution is 2.41. The minimum atomic E-state index is -0.704. The van der Waals surface area contributed by atoms with E-state index in [0.29, 0.717) is 28.2 Å². The highest BCUT2D eigenvalue weighted by atomic mass is 16.5. The molecule has 0 N–H and O–H groups in total. The van der Waals surface area contributed by atoms with Crippen LogP contribution in [0.5, 0.6) is 23.0 Å². The van der Waals surface area contributed by atoms with E-state index in [1.807, 2.05) is 91.0 Å². The first kappa shape index (κ1) is 28.3. The minimum absolute atomic E-state index is 0.0877. The van der Waals surface area contributed by atoms with Gasteiger partial charge in [-0.3, -0.25) is 0 Å². The first-order chi connectivity index (χ1) is 21.6. The van der Waals surface area contributed by atoms with E-state index in [-0.39, 0.29) is 31.1 Å². The number of fused-ring (bicyclic) bond motifs is 1. The molecule has 6 rings (SSSR count). The van der Waals surface area contributed by atoms with Crippen LogP contribution in [0, 0.1) is 0 Å². The van der Waals surface area contributed by atoms with Crippen molar-refractivity contribution in [3.8, 4) is 23.0 Å². The molecule has 0 spiro atoms. The summed E-state index contributed by atoms with van der Waals surface area (Å²) in [4.78, 5) is 25.8. The van der Waals surface area contributed by atoms with E-state index in [0.717, 1.165) is 22.8 Å². The van der Waals surface area contributed by atoms with Crippen LogP contribution < -0.4 is 24.6 Å². The summed E-state index contributed by atoms with van der Waals surface area (Å²) in [5.74, 6) is 0.344. The van der Waals surface area contributed by atoms with Crippen LogP contribution in [0.2, 0.25) is 0 Å². The lowest BCUT2D eigenvalue weighted by Crippen LogP contribution is -2.12. The summed E-state index contributed by atoms with van der Waals surface area (Å²) in [5.41, 5.74) is 2.66. The summed E-state index contributed by atoms with van der Waals surface area (Å²) >= 11 is 0. The zero-order valence-corrected chi connectivity index (χ0v) is 23.7. The van der Waals surface area contributed by atoms with Crippen molar-refractivity contribution in [2.45, 2.75) is 19.8 Å². The predicted octanol–water partition coefficient (Wildman–Crippen LogP) is 7.75. The Bertz CT molecular complexity index is 1850. The van der Waals surface area contributed by atoms with Gasteiger partial charge in [-0.15, -0.1) is 0 Å². The standard InChI is InChI=1S/C37H28O7/c38-35-22-32(30-18-10-11-19-31(30)43-35)44-37(39)29-20-33(40-23-26-12-4-1-5-13-26)36(42-25-28-16-8-3-9-17-28)34(21-29)41-24-27-14-6-2-7-15-27/h1-22H,23-25H2. The number of para-hydroxylation sites is 1. The molecular formula is C37H28O7. The van der Waals surface area contributed by atoms with Gasteiger partial charge in [-0.1, -0.05) is 103 Å². The van der Waals surface area contributed by atoms with Gasteiger partial charge >= 0.3 is 11.6 Å². The van der Waals surface area contributed by atoms with Gasteiger partial charge in [0.25, 0.3) is 0 Å². The monoisotopic (exact) mass is 584 g/mol. The van der Waals surface area contributed by atoms with E-state index >= 15 is 0 Å². The molecule has 218 valence electrons. The van der Waals surface area contributed by atoms with Gasteiger partial charge in [-0.2, -0.15) is 0 Å². The third-order valence-corrected chi connectivity index (χ3v) is 6.77. The summed E-state index contributed by atoms with van der Waals surface area (Å²) in [6.07, 6.45) is 0. The lowest BCUT2D eigenvalue weighted by Gasteiger charge is -2.19. The summed E-state index contributed by atoms with van der Waals surface area (Å²) in [7, 11) is 0. The van der Waals surface area contributed by atoms with Gasteiger partial charge in [0, 0.05) is 0 Å². The molecule has 1 heterocycles. The number of rotatable bonds is 11. The Hall–Kier alpha value is -5.82. The zero-order valence-electron chi connectivity index (χ0n) is 23.7. The molecule has 0 unspecified atom stereocenters. The average Bonchev–Trinajstić information content (AvgIpc) is 3.07. The van der Waals surface area contributed by atoms with E-state index in [9.17, 15) is 9.59 Å². The maximum absolute atomic E-state index is 13.6. The predicted molar refractivity (Wildman–Crippen MR) is 166 cm³/mol. The molecule has 7 heteroatoms. The van der Waals surface area contributed by atoms with Gasteiger partial charge < -0.3 is 23.4 Å². The molecule has 44 heavy (non-hydrogen) atoms. The van der Waals surface area contributed by atoms with Crippen molar-refractivity contribution in [2.75, 3.05) is 0 Å². The topological polar surface area (TPSA) is 84.2 Å². The summed E-state index contributed by atoms with van der Waals surface area (Å²) in [6.45, 7) is 0.701. The number of esters is 1. The Kier molecular flexibility index (Phi) is 8.65. The van der Waals surface area contributed by atoms with Crippen LogP contribution in [0.3, 0.4) is 0 Å². The van der Waals surface area contributed by atoms with Crippen molar-refractivity contribution < 1.29 is 28.2 Å². The van der Waals surface area contributed by atoms with E-state index in [1.54, 1.807) is 36.4 Å². The van der Waals surface area contributed by atoms with Gasteiger partial charge in [0.2, 0.25) is 5.75 Å². The molecule has 0 amide bonds. The van der Waals surface area contributed by atoms with Gasteiger partial charge in [0.05, 0.1) is 17.0 Å². The maximum Gasteiger partial charge on any atom is 0.343 e. The van der Waals surface area contributed by atoms with Gasteiger partial charge in [-0.05, 0) is 41.0 Å². The normalized spacial score (nSPS) is 10.7. The van der Waals surface area contributed by atoms with Crippen molar-refractivity contribution in [1.29, 1.82) is 0 Å². The van der Waals surface area contributed by atoms with Crippen molar-refractivity contribution in [3.05, 3.63) is 166 Å². The Labute approximate surface area is 253 Å². The van der Waals surface area contributed by atoms with Gasteiger partial charge in [-0.25, -0.2) is 9.59 Å². The van der Waals surface area contributed by atoms with E-state index in [4.69, 9.17) is 23.4 Å². The molecule has 0 radical (unpaired) electrons. The van der Waals surface area contributed by atoms with E-state index < -0.39 is 11.6 Å². The Balaban J connectivity index is 1.38. The van der Waals surface area contributed by atoms with Crippen LogP contribution >= 0.6 is 0 Å². The van der Waals surface area contributed by atoms with Crippen molar-refractivity contribution in [1.82, 2.24) is 0 Å². The first-order valence-electron chi connectivity index (χ1n) is 14.1. The van der Waals surface area contributed by atoms with Crippen LogP contribution in [0.25, 0.3) is 11.0 Å². The fraction of sp³-hybridized carbons (Fsp3) is 0.0811. The largest absolute Gasteiger partial charge is 0.485 e. The van der Waals surface area contributed by atoms with Gasteiger partial charge in [0.15, 0.2) is 11.5 Å². The second-order valence-electron chi connectivity index (χ2n) is 9.94. The molecule has 0 saturated carbocycles. The minimum Gasteiger partial charge on any atom is -0.485 e. The molecule has 1 aromatic heterocycles. The first-order valence-corrected chi connectivity index (χ1v) is 14.1. The van der Waals surface area contributed by atoms with Crippen LogP contribution in [0.15, 0.2) is 143 Å². The fourth-order valence-corrected chi connectivity index (χ4v) is 4.58. The molecule has 0 bridgehead atoms. The summed E-state index contributed by atoms with van der Waals surface area (Å²) in [5, 5.41) is 0.490. The SMILES string of the molecule is O=C(Oc1cc(=O)oc2ccccc12)c1cc(OCc2ccccc2)c(OCc2ccccc2)c(OCc2ccccc2)c1. The lowest BCUT2D eigenvalue weighted by atomic mass is 10.1. The van der Waals surface area contributed by atoms with Crippen molar-refractivity contribution in [3.63, 3.8) is 0 Å². The molecule has 0 atom stereocenters. The maximum atomic E-state index is 13.6. The van der Waals surface area contributed by atoms with Crippen LogP contribution in [-0.4, -0.2) is 5.97 Å². The van der Waals surface area contributed by atoms with Crippen molar-refractivity contribution >= 4 is 16.9 Å². The quantitative estimate of drug-likeness (QED) is 0.114. The number of carbonyl (C=O) groups is 1. The molecule has 7 nitrogen and oxygen atoms in total. The molecule has 5 aromatic carbocycles. The molecular weight excluding hydrogens is 556 g/mol. The zero-order chi connectivity index (χ0) is 30.1. The molecule has 0 fully saturated rings. The molecule has 0 saturated heterocycles. The highest BCUT2D eigenvalue weighted by Gasteiger charge is 2.22. The van der Waals surface area contributed by atoms with E-state index in [1.165, 1.54) is 0 Å². The number of hydrogen-bond acceptors (Lipinski definition) is 7. The summed E-state index contributed by atoms with van der Waals surface area (Å²) < 4.78 is 29.8. The molecule has 0 aliphatic heterocycles. The second kappa shape index (κ2) is 13.4. The smallest absolute Gasteiger partial charge is 0.343 e. The third kappa shape index (κ3) is 6.97. The highest BCUT2D eigenvalue weighted by molar-refractivity contribution is 5.95. The average molecular weight is 585 g/mol. The number of hydrogen-bond donors (Lipinski definition) is 0. The third-order valence-electron chi connectivity index (χ3n) is 6.77. The Morgan fingerprint density at radius 2 is 1.02 bits per heavy atom. The number of ether oxygens (including phenoxy) is 4. The lowest BCUT2D eigenvalue weighted by molar-refractivity contribution is 0.0735. The van der Waals surface area contributed by atoms with E-state index in [2.05, 4.69) is 0 Å². The van der Waals surface area contributed by atoms with Crippen LogP contribution in [0.1, 0.15) is 27.0 Å². The van der Waals surface area contributed by atoms with Crippen LogP contribution in [0.4, 0.5) is 0 Å². The second-order valence-corrected chi connectivity index (χ2v) is 9.94. The Morgan fingerprint density at radius 3 is 1.57 bits per heavy atom. The molecule has 0 aliphatic carbocycles. The Morgan fingerprint density at radius 1 is 0.545 bits per heavy atom. The van der Waals surface area contributed by atoms with Crippen molar-refractivity contribution in [2.24, 2.45) is 0 Å².